The van der Waals surface area contributed by atoms with Crippen molar-refractivity contribution in [1.82, 2.24) is 20.2 Å². The lowest BCUT2D eigenvalue weighted by Gasteiger charge is -2.29. The maximum absolute atomic E-state index is 6.07. The minimum Gasteiger partial charge on any atom is -0.398 e. The summed E-state index contributed by atoms with van der Waals surface area (Å²) in [6.45, 7) is 8.41. The van der Waals surface area contributed by atoms with Crippen LogP contribution in [-0.2, 0) is 11.3 Å². The SMILES string of the molecule is CNCC(C)OC(C)CN1CC=C(c2cc3c(Nc4ccc(N)c(CN)c4)ccnc3[nH]2)CC1. The molecule has 0 amide bonds. The van der Waals surface area contributed by atoms with Gasteiger partial charge in [0.1, 0.15) is 5.65 Å². The molecule has 4 rings (SSSR count). The van der Waals surface area contributed by atoms with Gasteiger partial charge in [-0.1, -0.05) is 6.08 Å². The summed E-state index contributed by atoms with van der Waals surface area (Å²) in [5.41, 5.74) is 18.7. The van der Waals surface area contributed by atoms with Crippen molar-refractivity contribution in [3.05, 3.63) is 53.9 Å². The Hall–Kier alpha value is -2.91. The zero-order valence-corrected chi connectivity index (χ0v) is 20.4. The second-order valence-corrected chi connectivity index (χ2v) is 9.10. The summed E-state index contributed by atoms with van der Waals surface area (Å²) in [4.78, 5) is 10.5. The van der Waals surface area contributed by atoms with Gasteiger partial charge in [0.25, 0.3) is 0 Å². The molecule has 3 aromatic rings. The van der Waals surface area contributed by atoms with Crippen molar-refractivity contribution in [2.24, 2.45) is 5.73 Å². The Morgan fingerprint density at radius 2 is 2.06 bits per heavy atom. The van der Waals surface area contributed by atoms with Crippen LogP contribution in [0, 0.1) is 0 Å². The molecule has 3 heterocycles. The highest BCUT2D eigenvalue weighted by Crippen LogP contribution is 2.31. The van der Waals surface area contributed by atoms with Gasteiger partial charge in [-0.25, -0.2) is 4.98 Å². The van der Waals surface area contributed by atoms with E-state index in [1.807, 2.05) is 37.5 Å². The third-order valence-electron chi connectivity index (χ3n) is 6.28. The van der Waals surface area contributed by atoms with E-state index in [2.05, 4.69) is 51.5 Å². The number of pyridine rings is 1. The molecule has 0 spiro atoms. The van der Waals surface area contributed by atoms with Gasteiger partial charge in [-0.15, -0.1) is 0 Å². The van der Waals surface area contributed by atoms with Gasteiger partial charge >= 0.3 is 0 Å². The van der Waals surface area contributed by atoms with Crippen LogP contribution >= 0.6 is 0 Å². The van der Waals surface area contributed by atoms with Crippen LogP contribution in [-0.4, -0.2) is 60.3 Å². The Kier molecular flexibility index (Phi) is 7.84. The number of nitrogens with one attached hydrogen (secondary N) is 3. The molecule has 1 aliphatic heterocycles. The molecule has 8 nitrogen and oxygen atoms in total. The number of likely N-dealkylation sites (N-methyl/N-ethyl adjacent to an activating group) is 1. The number of nitrogens with two attached hydrogens (primary N) is 2. The number of ether oxygens (including phenoxy) is 1. The summed E-state index contributed by atoms with van der Waals surface area (Å²) in [6.07, 6.45) is 5.55. The number of benzene rings is 1. The van der Waals surface area contributed by atoms with Crippen molar-refractivity contribution in [2.45, 2.75) is 39.0 Å². The monoisotopic (exact) mass is 463 g/mol. The fourth-order valence-electron chi connectivity index (χ4n) is 4.59. The second kappa shape index (κ2) is 11.0. The standard InChI is InChI=1S/C26H37N7O/c1-17(15-29-3)34-18(2)16-33-10-7-19(8-11-33)25-13-22-24(6-9-30-26(22)32-25)31-21-4-5-23(28)20(12-21)14-27/h4-7,9,12-13,17-18,29H,8,10-11,14-16,27-28H2,1-3H3,(H2,30,31,32). The average molecular weight is 464 g/mol. The highest BCUT2D eigenvalue weighted by Gasteiger charge is 2.18. The van der Waals surface area contributed by atoms with Crippen molar-refractivity contribution in [3.63, 3.8) is 0 Å². The van der Waals surface area contributed by atoms with E-state index in [1.54, 1.807) is 0 Å². The molecule has 0 saturated carbocycles. The molecule has 34 heavy (non-hydrogen) atoms. The van der Waals surface area contributed by atoms with Crippen molar-refractivity contribution in [1.29, 1.82) is 0 Å². The summed E-state index contributed by atoms with van der Waals surface area (Å²) < 4.78 is 6.07. The van der Waals surface area contributed by atoms with Crippen molar-refractivity contribution in [2.75, 3.05) is 44.3 Å². The van der Waals surface area contributed by atoms with E-state index >= 15 is 0 Å². The molecular formula is C26H37N7O. The fourth-order valence-corrected chi connectivity index (χ4v) is 4.59. The molecule has 2 aromatic heterocycles. The first-order valence-corrected chi connectivity index (χ1v) is 12.0. The van der Waals surface area contributed by atoms with Gasteiger partial charge in [-0.05, 0) is 68.8 Å². The highest BCUT2D eigenvalue weighted by atomic mass is 16.5. The van der Waals surface area contributed by atoms with Crippen LogP contribution in [0.1, 0.15) is 31.5 Å². The number of aromatic amines is 1. The van der Waals surface area contributed by atoms with Gasteiger partial charge in [-0.3, -0.25) is 4.90 Å². The van der Waals surface area contributed by atoms with E-state index in [9.17, 15) is 0 Å². The summed E-state index contributed by atoms with van der Waals surface area (Å²) in [7, 11) is 1.95. The van der Waals surface area contributed by atoms with Gasteiger partial charge in [0.05, 0.1) is 17.9 Å². The number of aromatic nitrogens is 2. The van der Waals surface area contributed by atoms with E-state index in [4.69, 9.17) is 16.2 Å². The topological polar surface area (TPSA) is 117 Å². The van der Waals surface area contributed by atoms with Crippen molar-refractivity contribution >= 4 is 33.7 Å². The van der Waals surface area contributed by atoms with Crippen molar-refractivity contribution in [3.8, 4) is 0 Å². The Bertz CT molecular complexity index is 1140. The predicted molar refractivity (Wildman–Crippen MR) is 141 cm³/mol. The Balaban J connectivity index is 1.44. The van der Waals surface area contributed by atoms with Crippen LogP contribution in [0.15, 0.2) is 42.6 Å². The van der Waals surface area contributed by atoms with E-state index in [0.717, 1.165) is 66.3 Å². The number of anilines is 3. The molecule has 1 aliphatic rings. The minimum atomic E-state index is 0.206. The fraction of sp³-hybridized carbons (Fsp3) is 0.423. The van der Waals surface area contributed by atoms with Crippen LogP contribution in [0.4, 0.5) is 17.1 Å². The van der Waals surface area contributed by atoms with E-state index in [1.165, 1.54) is 5.57 Å². The van der Waals surface area contributed by atoms with Crippen molar-refractivity contribution < 1.29 is 4.74 Å². The molecule has 0 fully saturated rings. The van der Waals surface area contributed by atoms with Crippen LogP contribution in [0.25, 0.3) is 16.6 Å². The number of nitrogen functional groups attached to an aromatic ring is 1. The molecule has 1 aromatic carbocycles. The minimum absolute atomic E-state index is 0.206. The lowest BCUT2D eigenvalue weighted by Crippen LogP contribution is -2.38. The molecule has 182 valence electrons. The van der Waals surface area contributed by atoms with Gasteiger partial charge in [0, 0.05) is 61.4 Å². The van der Waals surface area contributed by atoms with Crippen LogP contribution < -0.4 is 22.1 Å². The van der Waals surface area contributed by atoms with Gasteiger partial charge in [0.2, 0.25) is 0 Å². The lowest BCUT2D eigenvalue weighted by atomic mass is 10.0. The quantitative estimate of drug-likeness (QED) is 0.292. The number of H-pyrrole nitrogens is 1. The highest BCUT2D eigenvalue weighted by molar-refractivity contribution is 5.94. The Morgan fingerprint density at radius 3 is 2.79 bits per heavy atom. The normalized spacial score (nSPS) is 16.4. The second-order valence-electron chi connectivity index (χ2n) is 9.10. The van der Waals surface area contributed by atoms with Gasteiger partial charge < -0.3 is 31.8 Å². The molecular weight excluding hydrogens is 426 g/mol. The first-order valence-electron chi connectivity index (χ1n) is 12.0. The number of hydrogen-bond donors (Lipinski definition) is 5. The van der Waals surface area contributed by atoms with E-state index in [0.29, 0.717) is 12.2 Å². The molecule has 0 radical (unpaired) electrons. The van der Waals surface area contributed by atoms with Gasteiger partial charge in [0.15, 0.2) is 0 Å². The third-order valence-corrected chi connectivity index (χ3v) is 6.28. The smallest absolute Gasteiger partial charge is 0.139 e. The maximum atomic E-state index is 6.07. The molecule has 0 bridgehead atoms. The largest absolute Gasteiger partial charge is 0.398 e. The van der Waals surface area contributed by atoms with Crippen LogP contribution in [0.2, 0.25) is 0 Å². The van der Waals surface area contributed by atoms with Crippen LogP contribution in [0.3, 0.4) is 0 Å². The third kappa shape index (κ3) is 5.77. The predicted octanol–water partition coefficient (Wildman–Crippen LogP) is 3.45. The maximum Gasteiger partial charge on any atom is 0.139 e. The zero-order valence-electron chi connectivity index (χ0n) is 20.4. The lowest BCUT2D eigenvalue weighted by molar-refractivity contribution is -0.00711. The summed E-state index contributed by atoms with van der Waals surface area (Å²) in [5, 5.41) is 7.73. The summed E-state index contributed by atoms with van der Waals surface area (Å²) >= 11 is 0. The van der Waals surface area contributed by atoms with E-state index in [-0.39, 0.29) is 12.2 Å². The van der Waals surface area contributed by atoms with Crippen LogP contribution in [0.5, 0.6) is 0 Å². The Morgan fingerprint density at radius 1 is 1.21 bits per heavy atom. The first-order chi connectivity index (χ1) is 16.5. The molecule has 7 N–H and O–H groups in total. The zero-order chi connectivity index (χ0) is 24.1. The number of rotatable bonds is 10. The summed E-state index contributed by atoms with van der Waals surface area (Å²) in [5.74, 6) is 0. The van der Waals surface area contributed by atoms with E-state index < -0.39 is 0 Å². The average Bonchev–Trinajstić information content (AvgIpc) is 3.26. The molecule has 8 heteroatoms. The molecule has 2 atom stereocenters. The molecule has 2 unspecified atom stereocenters. The first kappa shape index (κ1) is 24.2. The number of fused-ring (bicyclic) bond motifs is 1. The Labute approximate surface area is 201 Å². The molecule has 0 saturated heterocycles. The van der Waals surface area contributed by atoms with Gasteiger partial charge in [-0.2, -0.15) is 0 Å². The molecule has 0 aliphatic carbocycles. The number of nitrogens with zero attached hydrogens (tertiary/aromatic N) is 2. The number of hydrogen-bond acceptors (Lipinski definition) is 7. The summed E-state index contributed by atoms with van der Waals surface area (Å²) in [6, 6.07) is 10.0.